The van der Waals surface area contributed by atoms with E-state index >= 15 is 0 Å². The summed E-state index contributed by atoms with van der Waals surface area (Å²) in [6.07, 6.45) is -3.01. The van der Waals surface area contributed by atoms with Crippen LogP contribution in [-0.4, -0.2) is 29.6 Å². The average molecular weight is 491 g/mol. The first kappa shape index (κ1) is 19.8. The van der Waals surface area contributed by atoms with Crippen molar-refractivity contribution in [2.24, 2.45) is 0 Å². The monoisotopic (exact) mass is 491 g/mol. The van der Waals surface area contributed by atoms with Gasteiger partial charge in [-0.05, 0) is 59.2 Å². The number of halogens is 4. The van der Waals surface area contributed by atoms with Crippen molar-refractivity contribution in [1.82, 2.24) is 9.97 Å². The van der Waals surface area contributed by atoms with Crippen LogP contribution in [0.3, 0.4) is 0 Å². The highest BCUT2D eigenvalue weighted by molar-refractivity contribution is 14.1. The van der Waals surface area contributed by atoms with Crippen molar-refractivity contribution in [3.05, 3.63) is 49.5 Å². The standard InChI is InChI=1S/C18H17F3IN3O2/c1-9-10(2)16(24-15(22)14(9)17(26)27-3)25-5-4-13-11(8-25)6-12(7-23-13)18(19,20)21/h6-7H,4-5,8H2,1-3H3. The molecule has 9 heteroatoms. The van der Waals surface area contributed by atoms with Crippen LogP contribution in [0.25, 0.3) is 0 Å². The van der Waals surface area contributed by atoms with Crippen LogP contribution < -0.4 is 4.90 Å². The number of rotatable bonds is 2. The zero-order valence-corrected chi connectivity index (χ0v) is 17.1. The van der Waals surface area contributed by atoms with E-state index in [9.17, 15) is 18.0 Å². The number of ether oxygens (including phenoxy) is 1. The lowest BCUT2D eigenvalue weighted by atomic mass is 10.0. The quantitative estimate of drug-likeness (QED) is 0.361. The number of aromatic nitrogens is 2. The van der Waals surface area contributed by atoms with Crippen LogP contribution >= 0.6 is 22.6 Å². The van der Waals surface area contributed by atoms with Crippen molar-refractivity contribution >= 4 is 34.4 Å². The predicted octanol–water partition coefficient (Wildman–Crippen LogP) is 4.07. The van der Waals surface area contributed by atoms with E-state index in [2.05, 4.69) is 9.97 Å². The molecule has 0 bridgehead atoms. The second-order valence-corrected chi connectivity index (χ2v) is 7.36. The molecule has 3 heterocycles. The Labute approximate surface area is 168 Å². The fourth-order valence-electron chi connectivity index (χ4n) is 3.15. The Balaban J connectivity index is 1.99. The van der Waals surface area contributed by atoms with E-state index in [1.807, 2.05) is 41.3 Å². The Morgan fingerprint density at radius 2 is 2.00 bits per heavy atom. The number of fused-ring (bicyclic) bond motifs is 1. The molecule has 2 aromatic rings. The third-order valence-corrected chi connectivity index (χ3v) is 5.52. The van der Waals surface area contributed by atoms with Crippen molar-refractivity contribution in [2.45, 2.75) is 33.0 Å². The molecular weight excluding hydrogens is 474 g/mol. The van der Waals surface area contributed by atoms with E-state index in [1.54, 1.807) is 0 Å². The van der Waals surface area contributed by atoms with Gasteiger partial charge in [0, 0.05) is 31.4 Å². The van der Waals surface area contributed by atoms with E-state index in [4.69, 9.17) is 4.74 Å². The summed E-state index contributed by atoms with van der Waals surface area (Å²) in [5.74, 6) is 0.203. The van der Waals surface area contributed by atoms with Gasteiger partial charge in [0.25, 0.3) is 0 Å². The molecule has 1 aliphatic heterocycles. The number of methoxy groups -OCH3 is 1. The normalized spacial score (nSPS) is 14.1. The number of nitrogens with zero attached hydrogens (tertiary/aromatic N) is 3. The molecule has 27 heavy (non-hydrogen) atoms. The molecule has 0 radical (unpaired) electrons. The molecule has 0 aliphatic carbocycles. The van der Waals surface area contributed by atoms with E-state index in [0.29, 0.717) is 39.3 Å². The lowest BCUT2D eigenvalue weighted by Gasteiger charge is -2.31. The molecule has 0 fully saturated rings. The van der Waals surface area contributed by atoms with Crippen LogP contribution in [0.1, 0.15) is 38.3 Å². The number of carbonyl (C=O) groups excluding carboxylic acids is 1. The summed E-state index contributed by atoms with van der Waals surface area (Å²) < 4.78 is 44.3. The van der Waals surface area contributed by atoms with E-state index in [-0.39, 0.29) is 6.54 Å². The fraction of sp³-hybridized carbons (Fsp3) is 0.389. The minimum atomic E-state index is -4.42. The zero-order chi connectivity index (χ0) is 19.9. The van der Waals surface area contributed by atoms with Gasteiger partial charge in [-0.3, -0.25) is 4.98 Å². The van der Waals surface area contributed by atoms with Crippen LogP contribution in [0.5, 0.6) is 0 Å². The Kier molecular flexibility index (Phi) is 5.33. The Morgan fingerprint density at radius 3 is 2.63 bits per heavy atom. The van der Waals surface area contributed by atoms with Crippen molar-refractivity contribution in [3.63, 3.8) is 0 Å². The van der Waals surface area contributed by atoms with Crippen molar-refractivity contribution in [2.75, 3.05) is 18.6 Å². The molecule has 0 unspecified atom stereocenters. The van der Waals surface area contributed by atoms with E-state index in [1.165, 1.54) is 7.11 Å². The molecule has 0 saturated heterocycles. The summed E-state index contributed by atoms with van der Waals surface area (Å²) in [7, 11) is 1.31. The topological polar surface area (TPSA) is 55.3 Å². The smallest absolute Gasteiger partial charge is 0.417 e. The molecule has 144 valence electrons. The first-order valence-corrected chi connectivity index (χ1v) is 9.26. The molecule has 5 nitrogen and oxygen atoms in total. The van der Waals surface area contributed by atoms with Gasteiger partial charge in [-0.15, -0.1) is 0 Å². The average Bonchev–Trinajstić information content (AvgIpc) is 2.62. The van der Waals surface area contributed by atoms with Gasteiger partial charge in [0.2, 0.25) is 0 Å². The van der Waals surface area contributed by atoms with Gasteiger partial charge in [0.15, 0.2) is 0 Å². The van der Waals surface area contributed by atoms with Crippen molar-refractivity contribution in [3.8, 4) is 0 Å². The number of hydrogen-bond acceptors (Lipinski definition) is 5. The first-order valence-electron chi connectivity index (χ1n) is 8.18. The Bertz CT molecular complexity index is 916. The molecule has 0 atom stereocenters. The van der Waals surface area contributed by atoms with Crippen LogP contribution in [-0.2, 0) is 23.9 Å². The van der Waals surface area contributed by atoms with Crippen LogP contribution in [0.15, 0.2) is 12.3 Å². The highest BCUT2D eigenvalue weighted by atomic mass is 127. The van der Waals surface area contributed by atoms with Crippen LogP contribution in [0.4, 0.5) is 19.0 Å². The van der Waals surface area contributed by atoms with Gasteiger partial charge in [-0.25, -0.2) is 9.78 Å². The van der Waals surface area contributed by atoms with E-state index in [0.717, 1.165) is 23.4 Å². The lowest BCUT2D eigenvalue weighted by Crippen LogP contribution is -2.33. The predicted molar refractivity (Wildman–Crippen MR) is 102 cm³/mol. The number of anilines is 1. The summed E-state index contributed by atoms with van der Waals surface area (Å²) in [5.41, 5.74) is 2.44. The number of hydrogen-bond donors (Lipinski definition) is 0. The largest absolute Gasteiger partial charge is 0.465 e. The lowest BCUT2D eigenvalue weighted by molar-refractivity contribution is -0.137. The second-order valence-electron chi connectivity index (χ2n) is 6.34. The molecule has 1 aliphatic rings. The van der Waals surface area contributed by atoms with Gasteiger partial charge in [-0.2, -0.15) is 13.2 Å². The number of alkyl halides is 3. The van der Waals surface area contributed by atoms with Gasteiger partial charge < -0.3 is 9.64 Å². The maximum Gasteiger partial charge on any atom is 0.417 e. The highest BCUT2D eigenvalue weighted by Crippen LogP contribution is 2.33. The summed E-state index contributed by atoms with van der Waals surface area (Å²) in [4.78, 5) is 22.5. The minimum Gasteiger partial charge on any atom is -0.465 e. The Hall–Kier alpha value is -1.91. The molecule has 0 saturated carbocycles. The molecule has 0 amide bonds. The third kappa shape index (κ3) is 3.74. The SMILES string of the molecule is COC(=O)c1c(I)nc(N2CCc3ncc(C(F)(F)F)cc3C2)c(C)c1C. The van der Waals surface area contributed by atoms with Gasteiger partial charge in [-0.1, -0.05) is 0 Å². The number of carbonyl (C=O) groups is 1. The summed E-state index contributed by atoms with van der Waals surface area (Å²) >= 11 is 1.98. The van der Waals surface area contributed by atoms with Crippen molar-refractivity contribution in [1.29, 1.82) is 0 Å². The van der Waals surface area contributed by atoms with Gasteiger partial charge >= 0.3 is 12.1 Å². The summed E-state index contributed by atoms with van der Waals surface area (Å²) in [5, 5.41) is 0. The molecule has 0 N–H and O–H groups in total. The van der Waals surface area contributed by atoms with Crippen LogP contribution in [0.2, 0.25) is 0 Å². The highest BCUT2D eigenvalue weighted by Gasteiger charge is 2.33. The van der Waals surface area contributed by atoms with Gasteiger partial charge in [0.1, 0.15) is 9.52 Å². The molecule has 0 aromatic carbocycles. The molecule has 2 aromatic heterocycles. The van der Waals surface area contributed by atoms with Gasteiger partial charge in [0.05, 0.1) is 18.2 Å². The third-order valence-electron chi connectivity index (χ3n) is 4.74. The minimum absolute atomic E-state index is 0.285. The summed E-state index contributed by atoms with van der Waals surface area (Å²) in [6, 6.07) is 1.16. The molecule has 3 rings (SSSR count). The molecule has 0 spiro atoms. The molecular formula is C18H17F3IN3O2. The Morgan fingerprint density at radius 1 is 1.30 bits per heavy atom. The first-order chi connectivity index (χ1) is 12.6. The zero-order valence-electron chi connectivity index (χ0n) is 14.9. The number of pyridine rings is 2. The number of esters is 1. The summed E-state index contributed by atoms with van der Waals surface area (Å²) in [6.45, 7) is 4.54. The second kappa shape index (κ2) is 7.25. The fourth-order valence-corrected chi connectivity index (χ4v) is 4.01. The maximum absolute atomic E-state index is 13.0. The maximum atomic E-state index is 13.0. The van der Waals surface area contributed by atoms with Crippen LogP contribution in [0, 0.1) is 17.5 Å². The van der Waals surface area contributed by atoms with E-state index < -0.39 is 17.7 Å². The van der Waals surface area contributed by atoms with Crippen molar-refractivity contribution < 1.29 is 22.7 Å².